The second-order valence-electron chi connectivity index (χ2n) is 4.40. The SMILES string of the molecule is C[C@@H](NC(=O)CSCc1ccc(Cl)s1)c1ccccc1. The fourth-order valence-corrected chi connectivity index (χ4v) is 3.82. The molecule has 0 bridgehead atoms. The van der Waals surface area contributed by atoms with Crippen molar-refractivity contribution in [3.63, 3.8) is 0 Å². The lowest BCUT2D eigenvalue weighted by Crippen LogP contribution is -2.28. The molecule has 0 aliphatic heterocycles. The molecule has 2 nitrogen and oxygen atoms in total. The maximum Gasteiger partial charge on any atom is 0.230 e. The molecule has 20 heavy (non-hydrogen) atoms. The molecule has 1 aromatic heterocycles. The van der Waals surface area contributed by atoms with Crippen molar-refractivity contribution in [3.05, 3.63) is 57.2 Å². The van der Waals surface area contributed by atoms with E-state index in [0.29, 0.717) is 5.75 Å². The number of hydrogen-bond donors (Lipinski definition) is 1. The molecule has 1 heterocycles. The van der Waals surface area contributed by atoms with Gasteiger partial charge in [-0.1, -0.05) is 41.9 Å². The molecular weight excluding hydrogens is 310 g/mol. The molecule has 106 valence electrons. The van der Waals surface area contributed by atoms with E-state index in [1.807, 2.05) is 49.4 Å². The van der Waals surface area contributed by atoms with Crippen LogP contribution in [0.3, 0.4) is 0 Å². The van der Waals surface area contributed by atoms with Crippen molar-refractivity contribution in [2.24, 2.45) is 0 Å². The summed E-state index contributed by atoms with van der Waals surface area (Å²) in [6, 6.07) is 13.9. The van der Waals surface area contributed by atoms with E-state index < -0.39 is 0 Å². The molecule has 1 atom stereocenters. The van der Waals surface area contributed by atoms with Crippen LogP contribution in [-0.4, -0.2) is 11.7 Å². The Hall–Kier alpha value is -0.970. The summed E-state index contributed by atoms with van der Waals surface area (Å²) in [5.41, 5.74) is 1.12. The first-order chi connectivity index (χ1) is 9.65. The first-order valence-electron chi connectivity index (χ1n) is 6.31. The van der Waals surface area contributed by atoms with Crippen LogP contribution in [0.4, 0.5) is 0 Å². The van der Waals surface area contributed by atoms with E-state index in [-0.39, 0.29) is 11.9 Å². The first kappa shape index (κ1) is 15.4. The highest BCUT2D eigenvalue weighted by Crippen LogP contribution is 2.25. The molecule has 1 amide bonds. The van der Waals surface area contributed by atoms with E-state index in [4.69, 9.17) is 11.6 Å². The number of nitrogens with one attached hydrogen (secondary N) is 1. The summed E-state index contributed by atoms with van der Waals surface area (Å²) < 4.78 is 0.794. The number of benzene rings is 1. The lowest BCUT2D eigenvalue weighted by atomic mass is 10.1. The van der Waals surface area contributed by atoms with Gasteiger partial charge in [-0.15, -0.1) is 23.1 Å². The van der Waals surface area contributed by atoms with Gasteiger partial charge in [0.1, 0.15) is 0 Å². The van der Waals surface area contributed by atoms with Gasteiger partial charge in [0.2, 0.25) is 5.91 Å². The molecule has 0 saturated heterocycles. The Bertz CT molecular complexity index is 556. The predicted octanol–water partition coefficient (Wildman–Crippen LogP) is 4.51. The maximum absolute atomic E-state index is 11.9. The fourth-order valence-electron chi connectivity index (χ4n) is 1.78. The molecule has 0 unspecified atom stereocenters. The molecule has 0 spiro atoms. The minimum atomic E-state index is 0.0421. The highest BCUT2D eigenvalue weighted by atomic mass is 35.5. The van der Waals surface area contributed by atoms with Crippen molar-refractivity contribution < 1.29 is 4.79 Å². The van der Waals surface area contributed by atoms with Crippen LogP contribution < -0.4 is 5.32 Å². The Kier molecular flexibility index (Phi) is 5.95. The van der Waals surface area contributed by atoms with E-state index in [0.717, 1.165) is 15.7 Å². The summed E-state index contributed by atoms with van der Waals surface area (Å²) in [5.74, 6) is 1.35. The third kappa shape index (κ3) is 4.85. The highest BCUT2D eigenvalue weighted by molar-refractivity contribution is 7.99. The normalized spacial score (nSPS) is 12.1. The van der Waals surface area contributed by atoms with Gasteiger partial charge >= 0.3 is 0 Å². The van der Waals surface area contributed by atoms with E-state index in [2.05, 4.69) is 5.32 Å². The van der Waals surface area contributed by atoms with Crippen LogP contribution in [0.1, 0.15) is 23.4 Å². The molecular formula is C15H16ClNOS2. The van der Waals surface area contributed by atoms with Crippen LogP contribution in [0.5, 0.6) is 0 Å². The Morgan fingerprint density at radius 3 is 2.70 bits per heavy atom. The van der Waals surface area contributed by atoms with Crippen molar-refractivity contribution >= 4 is 40.6 Å². The lowest BCUT2D eigenvalue weighted by Gasteiger charge is -2.13. The van der Waals surface area contributed by atoms with Gasteiger partial charge in [-0.3, -0.25) is 4.79 Å². The Morgan fingerprint density at radius 1 is 1.30 bits per heavy atom. The second kappa shape index (κ2) is 7.72. The van der Waals surface area contributed by atoms with Gasteiger partial charge in [0.15, 0.2) is 0 Å². The number of amides is 1. The van der Waals surface area contributed by atoms with Gasteiger partial charge in [0.05, 0.1) is 16.1 Å². The predicted molar refractivity (Wildman–Crippen MR) is 88.5 cm³/mol. The van der Waals surface area contributed by atoms with Crippen molar-refractivity contribution in [1.29, 1.82) is 0 Å². The smallest absolute Gasteiger partial charge is 0.230 e. The zero-order valence-corrected chi connectivity index (χ0v) is 13.5. The topological polar surface area (TPSA) is 29.1 Å². The average molecular weight is 326 g/mol. The maximum atomic E-state index is 11.9. The molecule has 2 rings (SSSR count). The van der Waals surface area contributed by atoms with Crippen LogP contribution >= 0.6 is 34.7 Å². The number of halogens is 1. The minimum absolute atomic E-state index is 0.0421. The quantitative estimate of drug-likeness (QED) is 0.846. The number of carbonyl (C=O) groups is 1. The van der Waals surface area contributed by atoms with Crippen LogP contribution in [0.2, 0.25) is 4.34 Å². The van der Waals surface area contributed by atoms with Crippen LogP contribution in [0.15, 0.2) is 42.5 Å². The molecule has 2 aromatic rings. The van der Waals surface area contributed by atoms with Crippen LogP contribution in [0, 0.1) is 0 Å². The van der Waals surface area contributed by atoms with E-state index in [1.54, 1.807) is 23.1 Å². The van der Waals surface area contributed by atoms with Gasteiger partial charge in [-0.25, -0.2) is 0 Å². The molecule has 1 aromatic carbocycles. The standard InChI is InChI=1S/C15H16ClNOS2/c1-11(12-5-3-2-4-6-12)17-15(18)10-19-9-13-7-8-14(16)20-13/h2-8,11H,9-10H2,1H3,(H,17,18)/t11-/m1/s1. The molecule has 0 fully saturated rings. The summed E-state index contributed by atoms with van der Waals surface area (Å²) in [6.07, 6.45) is 0. The summed E-state index contributed by atoms with van der Waals surface area (Å²) >= 11 is 9.04. The number of hydrogen-bond acceptors (Lipinski definition) is 3. The third-order valence-electron chi connectivity index (χ3n) is 2.78. The molecule has 0 radical (unpaired) electrons. The highest BCUT2D eigenvalue weighted by Gasteiger charge is 2.09. The zero-order valence-electron chi connectivity index (χ0n) is 11.1. The number of thioether (sulfide) groups is 1. The summed E-state index contributed by atoms with van der Waals surface area (Å²) in [4.78, 5) is 13.1. The molecule has 0 aliphatic rings. The van der Waals surface area contributed by atoms with Crippen molar-refractivity contribution in [1.82, 2.24) is 5.32 Å². The molecule has 0 aliphatic carbocycles. The van der Waals surface area contributed by atoms with Gasteiger partial charge in [-0.2, -0.15) is 0 Å². The second-order valence-corrected chi connectivity index (χ2v) is 7.18. The summed E-state index contributed by atoms with van der Waals surface area (Å²) in [5, 5.41) is 3.01. The van der Waals surface area contributed by atoms with Crippen LogP contribution in [-0.2, 0) is 10.5 Å². The lowest BCUT2D eigenvalue weighted by molar-refractivity contribution is -0.119. The molecule has 5 heteroatoms. The van der Waals surface area contributed by atoms with E-state index in [1.165, 1.54) is 4.88 Å². The number of rotatable bonds is 6. The average Bonchev–Trinajstić information content (AvgIpc) is 2.85. The van der Waals surface area contributed by atoms with Crippen molar-refractivity contribution in [3.8, 4) is 0 Å². The van der Waals surface area contributed by atoms with Crippen molar-refractivity contribution in [2.45, 2.75) is 18.7 Å². The number of thiophene rings is 1. The Morgan fingerprint density at radius 2 is 2.05 bits per heavy atom. The van der Waals surface area contributed by atoms with Crippen LogP contribution in [0.25, 0.3) is 0 Å². The van der Waals surface area contributed by atoms with E-state index in [9.17, 15) is 4.79 Å². The zero-order chi connectivity index (χ0) is 14.4. The van der Waals surface area contributed by atoms with Gasteiger partial charge < -0.3 is 5.32 Å². The molecule has 0 saturated carbocycles. The van der Waals surface area contributed by atoms with Crippen molar-refractivity contribution in [2.75, 3.05) is 5.75 Å². The first-order valence-corrected chi connectivity index (χ1v) is 8.66. The van der Waals surface area contributed by atoms with E-state index >= 15 is 0 Å². The summed E-state index contributed by atoms with van der Waals surface area (Å²) in [7, 11) is 0. The Balaban J connectivity index is 1.73. The van der Waals surface area contributed by atoms with Gasteiger partial charge in [0.25, 0.3) is 0 Å². The third-order valence-corrected chi connectivity index (χ3v) is 5.18. The minimum Gasteiger partial charge on any atom is -0.349 e. The largest absolute Gasteiger partial charge is 0.349 e. The molecule has 1 N–H and O–H groups in total. The summed E-state index contributed by atoms with van der Waals surface area (Å²) in [6.45, 7) is 2.00. The van der Waals surface area contributed by atoms with Gasteiger partial charge in [0, 0.05) is 10.6 Å². The fraction of sp³-hybridized carbons (Fsp3) is 0.267. The number of carbonyl (C=O) groups excluding carboxylic acids is 1. The monoisotopic (exact) mass is 325 g/mol. The van der Waals surface area contributed by atoms with Gasteiger partial charge in [-0.05, 0) is 24.6 Å². The Labute approximate surface area is 132 Å².